The molecule has 0 unspecified atom stereocenters. The Balaban J connectivity index is 1.71. The van der Waals surface area contributed by atoms with E-state index in [1.807, 2.05) is 42.5 Å². The summed E-state index contributed by atoms with van der Waals surface area (Å²) in [6, 6.07) is 26.3. The number of nitrogens with zero attached hydrogens (tertiary/aromatic N) is 3. The lowest BCUT2D eigenvalue weighted by atomic mass is 10.0. The van der Waals surface area contributed by atoms with Gasteiger partial charge in [-0.2, -0.15) is 5.26 Å². The predicted molar refractivity (Wildman–Crippen MR) is 146 cm³/mol. The van der Waals surface area contributed by atoms with Crippen LogP contribution in [0.2, 0.25) is 5.02 Å². The summed E-state index contributed by atoms with van der Waals surface area (Å²) in [4.78, 5) is 19.8. The number of anilines is 3. The number of halogens is 2. The van der Waals surface area contributed by atoms with E-state index in [1.54, 1.807) is 24.3 Å². The Morgan fingerprint density at radius 2 is 1.78 bits per heavy atom. The smallest absolute Gasteiger partial charge is 0.323 e. The van der Waals surface area contributed by atoms with Crippen molar-refractivity contribution in [3.8, 4) is 17.3 Å². The highest BCUT2D eigenvalue weighted by Gasteiger charge is 2.16. The highest BCUT2D eigenvalue weighted by Crippen LogP contribution is 2.29. The van der Waals surface area contributed by atoms with Crippen molar-refractivity contribution < 1.29 is 9.18 Å². The number of urea groups is 1. The van der Waals surface area contributed by atoms with Gasteiger partial charge in [0.25, 0.3) is 0 Å². The largest absolute Gasteiger partial charge is 0.352 e. The summed E-state index contributed by atoms with van der Waals surface area (Å²) in [5.74, 6) is 0.00241. The van der Waals surface area contributed by atoms with Crippen LogP contribution >= 0.6 is 11.6 Å². The van der Waals surface area contributed by atoms with Crippen molar-refractivity contribution in [2.24, 2.45) is 0 Å². The summed E-state index contributed by atoms with van der Waals surface area (Å²) in [6.45, 7) is 3.43. The number of hydrogen-bond acceptors (Lipinski definition) is 4. The topological polar surface area (TPSA) is 81.0 Å². The second-order valence-electron chi connectivity index (χ2n) is 8.37. The number of pyridine rings is 1. The highest BCUT2D eigenvalue weighted by molar-refractivity contribution is 6.30. The number of rotatable bonds is 8. The van der Waals surface area contributed by atoms with E-state index in [0.717, 1.165) is 24.6 Å². The Morgan fingerprint density at radius 1 is 1.03 bits per heavy atom. The molecule has 0 saturated heterocycles. The normalized spacial score (nSPS) is 10.4. The molecule has 0 spiro atoms. The molecule has 0 bridgehead atoms. The minimum atomic E-state index is -0.640. The van der Waals surface area contributed by atoms with Crippen molar-refractivity contribution in [2.75, 3.05) is 22.1 Å². The molecule has 2 N–H and O–H groups in total. The van der Waals surface area contributed by atoms with Crippen molar-refractivity contribution in [3.63, 3.8) is 0 Å². The van der Waals surface area contributed by atoms with E-state index in [4.69, 9.17) is 16.6 Å². The van der Waals surface area contributed by atoms with E-state index < -0.39 is 11.8 Å². The van der Waals surface area contributed by atoms with Gasteiger partial charge in [-0.25, -0.2) is 14.2 Å². The van der Waals surface area contributed by atoms with Crippen molar-refractivity contribution in [1.82, 2.24) is 4.98 Å². The zero-order chi connectivity index (χ0) is 26.2. The van der Waals surface area contributed by atoms with Gasteiger partial charge in [0.15, 0.2) is 0 Å². The third-order valence-corrected chi connectivity index (χ3v) is 5.84. The summed E-state index contributed by atoms with van der Waals surface area (Å²) >= 11 is 5.81. The quantitative estimate of drug-likeness (QED) is 0.256. The van der Waals surface area contributed by atoms with E-state index in [-0.39, 0.29) is 10.7 Å². The average molecular weight is 514 g/mol. The molecule has 37 heavy (non-hydrogen) atoms. The zero-order valence-corrected chi connectivity index (χ0v) is 21.0. The van der Waals surface area contributed by atoms with Gasteiger partial charge in [0.1, 0.15) is 11.6 Å². The second-order valence-corrected chi connectivity index (χ2v) is 8.80. The van der Waals surface area contributed by atoms with Crippen LogP contribution in [0, 0.1) is 17.1 Å². The van der Waals surface area contributed by atoms with Gasteiger partial charge in [0.05, 0.1) is 23.0 Å². The van der Waals surface area contributed by atoms with E-state index >= 15 is 0 Å². The number of nitrogens with one attached hydrogen (secondary N) is 2. The molecule has 0 saturated carbocycles. The summed E-state index contributed by atoms with van der Waals surface area (Å²) in [7, 11) is 0. The molecule has 6 nitrogen and oxygen atoms in total. The van der Waals surface area contributed by atoms with Crippen LogP contribution in [0.3, 0.4) is 0 Å². The van der Waals surface area contributed by atoms with Crippen LogP contribution in [0.15, 0.2) is 84.9 Å². The number of aromatic nitrogens is 1. The van der Waals surface area contributed by atoms with E-state index in [2.05, 4.69) is 28.5 Å². The maximum Gasteiger partial charge on any atom is 0.323 e. The van der Waals surface area contributed by atoms with Crippen LogP contribution in [-0.2, 0) is 6.54 Å². The molecule has 1 aromatic heterocycles. The molecule has 0 aliphatic rings. The van der Waals surface area contributed by atoms with Gasteiger partial charge in [0, 0.05) is 35.4 Å². The minimum Gasteiger partial charge on any atom is -0.352 e. The molecule has 4 aromatic rings. The van der Waals surface area contributed by atoms with E-state index in [0.29, 0.717) is 34.9 Å². The highest BCUT2D eigenvalue weighted by atomic mass is 35.5. The predicted octanol–water partition coefficient (Wildman–Crippen LogP) is 7.47. The standard InChI is InChI=1S/C29H25ClFN5O/c1-2-14-36(19-20-8-4-3-5-9-20)28-17-23(16-27(34-28)24-11-7-6-10-21(24)18-32)33-29(37)35-26-13-12-22(30)15-25(26)31/h3-13,15-17H,2,14,19H2,1H3,(H2,33,34,35,37). The van der Waals surface area contributed by atoms with Gasteiger partial charge >= 0.3 is 6.03 Å². The van der Waals surface area contributed by atoms with Crippen LogP contribution in [0.5, 0.6) is 0 Å². The van der Waals surface area contributed by atoms with Gasteiger partial charge in [-0.3, -0.25) is 0 Å². The first kappa shape index (κ1) is 25.7. The van der Waals surface area contributed by atoms with Crippen molar-refractivity contribution in [1.29, 1.82) is 5.26 Å². The molecule has 8 heteroatoms. The molecule has 2 amide bonds. The van der Waals surface area contributed by atoms with Crippen LogP contribution in [0.1, 0.15) is 24.5 Å². The fraction of sp³-hybridized carbons (Fsp3) is 0.138. The summed E-state index contributed by atoms with van der Waals surface area (Å²) in [5.41, 5.74) is 3.23. The first-order valence-electron chi connectivity index (χ1n) is 11.8. The van der Waals surface area contributed by atoms with Crippen molar-refractivity contribution in [2.45, 2.75) is 19.9 Å². The fourth-order valence-corrected chi connectivity index (χ4v) is 4.07. The monoisotopic (exact) mass is 513 g/mol. The van der Waals surface area contributed by atoms with Crippen LogP contribution in [-0.4, -0.2) is 17.6 Å². The zero-order valence-electron chi connectivity index (χ0n) is 20.2. The maximum absolute atomic E-state index is 14.2. The molecule has 0 atom stereocenters. The average Bonchev–Trinajstić information content (AvgIpc) is 2.90. The van der Waals surface area contributed by atoms with E-state index in [9.17, 15) is 14.4 Å². The molecular formula is C29H25ClFN5O. The van der Waals surface area contributed by atoms with Gasteiger partial charge in [-0.05, 0) is 42.3 Å². The van der Waals surface area contributed by atoms with Gasteiger partial charge in [0.2, 0.25) is 0 Å². The first-order chi connectivity index (χ1) is 18.0. The Bertz CT molecular complexity index is 1440. The maximum atomic E-state index is 14.2. The fourth-order valence-electron chi connectivity index (χ4n) is 3.92. The molecular weight excluding hydrogens is 489 g/mol. The number of nitriles is 1. The lowest BCUT2D eigenvalue weighted by Crippen LogP contribution is -2.25. The number of benzene rings is 3. The van der Waals surface area contributed by atoms with E-state index in [1.165, 1.54) is 12.1 Å². The Hall–Kier alpha value is -4.41. The first-order valence-corrected chi connectivity index (χ1v) is 12.2. The Labute approximate surface area is 220 Å². The van der Waals surface area contributed by atoms with Crippen molar-refractivity contribution in [3.05, 3.63) is 107 Å². The summed E-state index contributed by atoms with van der Waals surface area (Å²) in [5, 5.41) is 15.2. The molecule has 186 valence electrons. The third kappa shape index (κ3) is 6.63. The minimum absolute atomic E-state index is 0.00270. The lowest BCUT2D eigenvalue weighted by molar-refractivity contribution is 0.262. The molecule has 0 aliphatic heterocycles. The Kier molecular flexibility index (Phi) is 8.34. The molecule has 3 aromatic carbocycles. The van der Waals surface area contributed by atoms with Gasteiger partial charge in [-0.1, -0.05) is 67.1 Å². The SMILES string of the molecule is CCCN(Cc1ccccc1)c1cc(NC(=O)Nc2ccc(Cl)cc2F)cc(-c2ccccc2C#N)n1. The van der Waals surface area contributed by atoms with Crippen LogP contribution < -0.4 is 15.5 Å². The van der Waals surface area contributed by atoms with Gasteiger partial charge in [-0.15, -0.1) is 0 Å². The summed E-state index contributed by atoms with van der Waals surface area (Å²) in [6.07, 6.45) is 0.882. The molecule has 4 rings (SSSR count). The van der Waals surface area contributed by atoms with Crippen LogP contribution in [0.25, 0.3) is 11.3 Å². The second kappa shape index (κ2) is 12.0. The summed E-state index contributed by atoms with van der Waals surface area (Å²) < 4.78 is 14.2. The third-order valence-electron chi connectivity index (χ3n) is 5.61. The number of carbonyl (C=O) groups excluding carboxylic acids is 1. The molecule has 0 aliphatic carbocycles. The van der Waals surface area contributed by atoms with Crippen molar-refractivity contribution >= 4 is 34.8 Å². The molecule has 0 radical (unpaired) electrons. The number of hydrogen-bond donors (Lipinski definition) is 2. The Morgan fingerprint density at radius 3 is 2.51 bits per heavy atom. The number of carbonyl (C=O) groups is 1. The lowest BCUT2D eigenvalue weighted by Gasteiger charge is -2.25. The number of amides is 2. The van der Waals surface area contributed by atoms with Gasteiger partial charge < -0.3 is 15.5 Å². The van der Waals surface area contributed by atoms with Crippen LogP contribution in [0.4, 0.5) is 26.4 Å². The molecule has 1 heterocycles. The molecule has 0 fully saturated rings.